The van der Waals surface area contributed by atoms with Gasteiger partial charge < -0.3 is 30.4 Å². The first-order chi connectivity index (χ1) is 10.9. The Bertz CT molecular complexity index is 805. The van der Waals surface area contributed by atoms with Crippen molar-refractivity contribution >= 4 is 16.9 Å². The van der Waals surface area contributed by atoms with Gasteiger partial charge in [-0.25, -0.2) is 9.97 Å². The molecule has 8 heteroatoms. The van der Waals surface area contributed by atoms with Gasteiger partial charge >= 0.3 is 0 Å². The number of aromatic nitrogens is 3. The van der Waals surface area contributed by atoms with Crippen molar-refractivity contribution in [1.29, 1.82) is 0 Å². The third kappa shape index (κ3) is 2.26. The second-order valence-corrected chi connectivity index (χ2v) is 5.66. The number of aliphatic hydroxyl groups is 3. The molecule has 2 aromatic rings. The van der Waals surface area contributed by atoms with Crippen LogP contribution < -0.4 is 5.73 Å². The minimum atomic E-state index is -1.62. The lowest BCUT2D eigenvalue weighted by Crippen LogP contribution is -2.44. The number of nitrogens with zero attached hydrogens (tertiary/aromatic N) is 3. The lowest BCUT2D eigenvalue weighted by atomic mass is 9.96. The number of fused-ring (bicyclic) bond motifs is 1. The van der Waals surface area contributed by atoms with E-state index in [1.807, 2.05) is 0 Å². The van der Waals surface area contributed by atoms with Crippen molar-refractivity contribution in [2.75, 3.05) is 12.3 Å². The Balaban J connectivity index is 2.21. The van der Waals surface area contributed by atoms with Crippen LogP contribution in [0.25, 0.3) is 11.0 Å². The molecule has 3 unspecified atom stereocenters. The maximum absolute atomic E-state index is 10.6. The standard InChI is InChI=1S/C15H18N4O4/c1-3-4-8-5-19(13-10(8)12(16)17-7-18-13)14-15(2,22)11(21)9(6-20)23-14/h5,7,9,11,14,20-22H,6H2,1-2H3,(H2,16,17,18)/t9?,11-,14?,15?/m1/s1. The van der Waals surface area contributed by atoms with Crippen molar-refractivity contribution in [3.05, 3.63) is 18.1 Å². The molecule has 1 aliphatic rings. The molecule has 3 heterocycles. The third-order valence-corrected chi connectivity index (χ3v) is 4.09. The molecule has 3 rings (SSSR count). The van der Waals surface area contributed by atoms with E-state index in [0.29, 0.717) is 16.6 Å². The lowest BCUT2D eigenvalue weighted by Gasteiger charge is -2.27. The minimum absolute atomic E-state index is 0.267. The smallest absolute Gasteiger partial charge is 0.167 e. The number of hydrogen-bond donors (Lipinski definition) is 4. The Hall–Kier alpha value is -2.18. The zero-order valence-electron chi connectivity index (χ0n) is 12.8. The monoisotopic (exact) mass is 318 g/mol. The molecule has 0 aromatic carbocycles. The number of aliphatic hydroxyl groups excluding tert-OH is 2. The van der Waals surface area contributed by atoms with E-state index in [4.69, 9.17) is 10.5 Å². The van der Waals surface area contributed by atoms with Crippen LogP contribution in [0.15, 0.2) is 12.5 Å². The Kier molecular flexibility index (Phi) is 3.74. The topological polar surface area (TPSA) is 127 Å². The summed E-state index contributed by atoms with van der Waals surface area (Å²) in [6.07, 6.45) is -0.125. The molecular formula is C15H18N4O4. The summed E-state index contributed by atoms with van der Waals surface area (Å²) in [6, 6.07) is 0. The molecular weight excluding hydrogens is 300 g/mol. The third-order valence-electron chi connectivity index (χ3n) is 4.09. The average Bonchev–Trinajstić information content (AvgIpc) is 2.97. The molecule has 5 N–H and O–H groups in total. The number of anilines is 1. The second-order valence-electron chi connectivity index (χ2n) is 5.66. The second kappa shape index (κ2) is 5.47. The Morgan fingerprint density at radius 3 is 2.83 bits per heavy atom. The van der Waals surface area contributed by atoms with Gasteiger partial charge in [0.25, 0.3) is 0 Å². The minimum Gasteiger partial charge on any atom is -0.394 e. The van der Waals surface area contributed by atoms with Crippen molar-refractivity contribution in [1.82, 2.24) is 14.5 Å². The van der Waals surface area contributed by atoms with E-state index in [9.17, 15) is 15.3 Å². The molecule has 23 heavy (non-hydrogen) atoms. The van der Waals surface area contributed by atoms with Crippen LogP contribution in [0.2, 0.25) is 0 Å². The van der Waals surface area contributed by atoms with Crippen LogP contribution in [0.3, 0.4) is 0 Å². The van der Waals surface area contributed by atoms with Crippen molar-refractivity contribution in [2.45, 2.75) is 37.9 Å². The molecule has 1 saturated heterocycles. The molecule has 2 aromatic heterocycles. The molecule has 4 atom stereocenters. The normalized spacial score (nSPS) is 30.4. The molecule has 1 aliphatic heterocycles. The summed E-state index contributed by atoms with van der Waals surface area (Å²) in [4.78, 5) is 8.17. The summed E-state index contributed by atoms with van der Waals surface area (Å²) in [5.74, 6) is 5.98. The predicted octanol–water partition coefficient (Wildman–Crippen LogP) is -0.613. The quantitative estimate of drug-likeness (QED) is 0.544. The van der Waals surface area contributed by atoms with E-state index in [-0.39, 0.29) is 5.82 Å². The van der Waals surface area contributed by atoms with Gasteiger partial charge in [0, 0.05) is 6.20 Å². The van der Waals surface area contributed by atoms with E-state index in [0.717, 1.165) is 0 Å². The number of hydrogen-bond acceptors (Lipinski definition) is 7. The van der Waals surface area contributed by atoms with Crippen LogP contribution in [0.5, 0.6) is 0 Å². The summed E-state index contributed by atoms with van der Waals surface area (Å²) < 4.78 is 7.19. The van der Waals surface area contributed by atoms with Crippen LogP contribution in [0, 0.1) is 11.8 Å². The highest BCUT2D eigenvalue weighted by Gasteiger charge is 2.53. The summed E-state index contributed by atoms with van der Waals surface area (Å²) in [7, 11) is 0. The molecule has 8 nitrogen and oxygen atoms in total. The van der Waals surface area contributed by atoms with Gasteiger partial charge in [0.2, 0.25) is 0 Å². The highest BCUT2D eigenvalue weighted by molar-refractivity contribution is 5.92. The van der Waals surface area contributed by atoms with Crippen LogP contribution in [0.4, 0.5) is 5.82 Å². The van der Waals surface area contributed by atoms with Gasteiger partial charge in [0.15, 0.2) is 6.23 Å². The maximum Gasteiger partial charge on any atom is 0.167 e. The zero-order valence-corrected chi connectivity index (χ0v) is 12.8. The summed E-state index contributed by atoms with van der Waals surface area (Å²) in [5, 5.41) is 30.6. The van der Waals surface area contributed by atoms with E-state index in [1.54, 1.807) is 17.7 Å². The van der Waals surface area contributed by atoms with Gasteiger partial charge in [-0.3, -0.25) is 0 Å². The number of ether oxygens (including phenoxy) is 1. The van der Waals surface area contributed by atoms with E-state index in [1.165, 1.54) is 13.3 Å². The maximum atomic E-state index is 10.6. The molecule has 0 amide bonds. The van der Waals surface area contributed by atoms with Crippen LogP contribution >= 0.6 is 0 Å². The molecule has 1 fully saturated rings. The highest BCUT2D eigenvalue weighted by atomic mass is 16.6. The fourth-order valence-corrected chi connectivity index (χ4v) is 2.91. The number of rotatable bonds is 2. The van der Waals surface area contributed by atoms with Gasteiger partial charge in [-0.2, -0.15) is 0 Å². The van der Waals surface area contributed by atoms with E-state index in [2.05, 4.69) is 21.8 Å². The van der Waals surface area contributed by atoms with Gasteiger partial charge in [-0.15, -0.1) is 5.92 Å². The first-order valence-corrected chi connectivity index (χ1v) is 7.12. The van der Waals surface area contributed by atoms with Crippen molar-refractivity contribution < 1.29 is 20.1 Å². The molecule has 0 radical (unpaired) electrons. The molecule has 122 valence electrons. The first-order valence-electron chi connectivity index (χ1n) is 7.12. The molecule has 0 saturated carbocycles. The molecule has 0 spiro atoms. The van der Waals surface area contributed by atoms with Crippen LogP contribution in [-0.2, 0) is 4.74 Å². The summed E-state index contributed by atoms with van der Waals surface area (Å²) in [6.45, 7) is 2.72. The van der Waals surface area contributed by atoms with Gasteiger partial charge in [0.1, 0.15) is 35.6 Å². The number of nitrogen functional groups attached to an aromatic ring is 1. The summed E-state index contributed by atoms with van der Waals surface area (Å²) in [5.41, 5.74) is 5.34. The lowest BCUT2D eigenvalue weighted by molar-refractivity contribution is -0.0948. The largest absolute Gasteiger partial charge is 0.394 e. The fraction of sp³-hybridized carbons (Fsp3) is 0.467. The predicted molar refractivity (Wildman–Crippen MR) is 82.1 cm³/mol. The van der Waals surface area contributed by atoms with E-state index >= 15 is 0 Å². The van der Waals surface area contributed by atoms with Crippen molar-refractivity contribution in [3.63, 3.8) is 0 Å². The van der Waals surface area contributed by atoms with Crippen molar-refractivity contribution in [3.8, 4) is 11.8 Å². The first kappa shape index (κ1) is 15.7. The SMILES string of the molecule is CC#Cc1cn(C2OC(CO)[C@@H](O)C2(C)O)c2ncnc(N)c12. The number of nitrogens with two attached hydrogens (primary N) is 1. The molecule has 0 aliphatic carbocycles. The Morgan fingerprint density at radius 1 is 1.48 bits per heavy atom. The zero-order chi connectivity index (χ0) is 16.8. The highest BCUT2D eigenvalue weighted by Crippen LogP contribution is 2.40. The van der Waals surface area contributed by atoms with Crippen molar-refractivity contribution in [2.24, 2.45) is 0 Å². The average molecular weight is 318 g/mol. The van der Waals surface area contributed by atoms with Gasteiger partial charge in [-0.1, -0.05) is 5.92 Å². The van der Waals surface area contributed by atoms with Crippen LogP contribution in [-0.4, -0.2) is 54.3 Å². The van der Waals surface area contributed by atoms with E-state index < -0.39 is 30.6 Å². The molecule has 0 bridgehead atoms. The van der Waals surface area contributed by atoms with Gasteiger partial charge in [-0.05, 0) is 13.8 Å². The van der Waals surface area contributed by atoms with Crippen LogP contribution in [0.1, 0.15) is 25.6 Å². The summed E-state index contributed by atoms with van der Waals surface area (Å²) >= 11 is 0. The Morgan fingerprint density at radius 2 is 2.22 bits per heavy atom. The fourth-order valence-electron chi connectivity index (χ4n) is 2.91. The van der Waals surface area contributed by atoms with Gasteiger partial charge in [0.05, 0.1) is 17.6 Å². The Labute approximate surface area is 132 Å².